The van der Waals surface area contributed by atoms with Gasteiger partial charge in [0, 0.05) is 13.1 Å². The average Bonchev–Trinajstić information content (AvgIpc) is 2.84. The van der Waals surface area contributed by atoms with Crippen LogP contribution in [-0.2, 0) is 26.7 Å². The van der Waals surface area contributed by atoms with Crippen LogP contribution in [-0.4, -0.2) is 62.2 Å². The molecule has 0 saturated carbocycles. The van der Waals surface area contributed by atoms with Crippen LogP contribution in [0.25, 0.3) is 0 Å². The van der Waals surface area contributed by atoms with Crippen LogP contribution < -0.4 is 0 Å². The number of hydrogen-bond acceptors (Lipinski definition) is 6. The van der Waals surface area contributed by atoms with Gasteiger partial charge in [0.25, 0.3) is 10.1 Å². The molecule has 23 heavy (non-hydrogen) atoms. The lowest BCUT2D eigenvalue weighted by Gasteiger charge is -2.14. The normalized spacial score (nSPS) is 12.8. The van der Waals surface area contributed by atoms with Crippen LogP contribution in [0.2, 0.25) is 0 Å². The molecule has 0 spiro atoms. The van der Waals surface area contributed by atoms with Crippen molar-refractivity contribution in [1.82, 2.24) is 4.90 Å². The van der Waals surface area contributed by atoms with Gasteiger partial charge < -0.3 is 4.90 Å². The summed E-state index contributed by atoms with van der Waals surface area (Å²) in [4.78, 5) is 1.89. The molecule has 0 atom stereocenters. The fourth-order valence-electron chi connectivity index (χ4n) is 1.14. The molecule has 1 aromatic heterocycles. The minimum atomic E-state index is -5.84. The third kappa shape index (κ3) is 11.4. The third-order valence-electron chi connectivity index (χ3n) is 2.39. The van der Waals surface area contributed by atoms with Crippen molar-refractivity contribution < 1.29 is 39.1 Å². The van der Waals surface area contributed by atoms with Gasteiger partial charge in [-0.05, 0) is 35.9 Å². The Bertz CT molecular complexity index is 655. The minimum absolute atomic E-state index is 0.201. The first kappa shape index (κ1) is 22.3. The van der Waals surface area contributed by atoms with Crippen molar-refractivity contribution in [2.75, 3.05) is 25.9 Å². The smallest absolute Gasteiger partial charge is 0.305 e. The van der Waals surface area contributed by atoms with Crippen LogP contribution in [0.5, 0.6) is 0 Å². The zero-order valence-corrected chi connectivity index (χ0v) is 14.3. The van der Waals surface area contributed by atoms with Crippen LogP contribution in [0, 0.1) is 0 Å². The molecule has 0 aliphatic carbocycles. The van der Waals surface area contributed by atoms with Gasteiger partial charge in [-0.25, -0.2) is 0 Å². The minimum Gasteiger partial charge on any atom is -0.305 e. The molecule has 7 nitrogen and oxygen atoms in total. The molecule has 1 aromatic rings. The Morgan fingerprint density at radius 2 is 1.70 bits per heavy atom. The van der Waals surface area contributed by atoms with E-state index in [1.54, 1.807) is 11.3 Å². The summed E-state index contributed by atoms with van der Waals surface area (Å²) < 4.78 is 87.1. The number of alkyl halides is 3. The van der Waals surface area contributed by atoms with Gasteiger partial charge in [0.1, 0.15) is 0 Å². The molecule has 13 heteroatoms. The maximum absolute atomic E-state index is 10.7. The highest BCUT2D eigenvalue weighted by atomic mass is 32.2. The largest absolute Gasteiger partial charge is 0.522 e. The molecule has 0 radical (unpaired) electrons. The second-order valence-corrected chi connectivity index (χ2v) is 8.16. The molecule has 0 aliphatic heterocycles. The van der Waals surface area contributed by atoms with E-state index in [4.69, 9.17) is 17.5 Å². The van der Waals surface area contributed by atoms with Gasteiger partial charge in [-0.15, -0.1) is 0 Å². The van der Waals surface area contributed by atoms with Crippen molar-refractivity contribution in [3.63, 3.8) is 0 Å². The molecule has 136 valence electrons. The molecule has 0 fully saturated rings. The Morgan fingerprint density at radius 1 is 1.17 bits per heavy atom. The van der Waals surface area contributed by atoms with Crippen molar-refractivity contribution in [2.45, 2.75) is 11.9 Å². The van der Waals surface area contributed by atoms with E-state index in [-0.39, 0.29) is 5.75 Å². The van der Waals surface area contributed by atoms with Gasteiger partial charge in [-0.1, -0.05) is 0 Å². The molecule has 0 aromatic carbocycles. The fraction of sp³-hybridized carbons (Fsp3) is 0.600. The Morgan fingerprint density at radius 3 is 2.04 bits per heavy atom. The van der Waals surface area contributed by atoms with Gasteiger partial charge in [0.15, 0.2) is 0 Å². The predicted molar refractivity (Wildman–Crippen MR) is 79.5 cm³/mol. The van der Waals surface area contributed by atoms with E-state index >= 15 is 0 Å². The monoisotopic (exact) mass is 399 g/mol. The average molecular weight is 399 g/mol. The van der Waals surface area contributed by atoms with E-state index in [9.17, 15) is 21.6 Å². The summed E-state index contributed by atoms with van der Waals surface area (Å²) in [7, 11) is -7.83. The first-order chi connectivity index (χ1) is 10.2. The highest BCUT2D eigenvalue weighted by Crippen LogP contribution is 2.20. The fourth-order valence-corrected chi connectivity index (χ4v) is 2.38. The molecule has 0 amide bonds. The third-order valence-corrected chi connectivity index (χ3v) is 4.40. The van der Waals surface area contributed by atoms with Gasteiger partial charge >= 0.3 is 15.6 Å². The lowest BCUT2D eigenvalue weighted by Crippen LogP contribution is -2.27. The van der Waals surface area contributed by atoms with Crippen molar-refractivity contribution >= 4 is 31.6 Å². The summed E-state index contributed by atoms with van der Waals surface area (Å²) in [6, 6.07) is 2.06. The number of rotatable bonds is 6. The first-order valence-electron chi connectivity index (χ1n) is 5.91. The zero-order valence-electron chi connectivity index (χ0n) is 11.9. The maximum Gasteiger partial charge on any atom is 0.522 e. The van der Waals surface area contributed by atoms with Gasteiger partial charge in [0.05, 0.1) is 5.75 Å². The Balaban J connectivity index is 0.000000515. The second kappa shape index (κ2) is 8.94. The van der Waals surface area contributed by atoms with Gasteiger partial charge in [0.2, 0.25) is 0 Å². The number of halogens is 3. The van der Waals surface area contributed by atoms with E-state index in [1.807, 2.05) is 17.3 Å². The summed E-state index contributed by atoms with van der Waals surface area (Å²) in [6.07, 6.45) is 0.908. The SMILES string of the molecule is CN(CCc1ccsc1)CCS(=O)(=O)O.O=S(=O)(O)C(F)(F)F. The van der Waals surface area contributed by atoms with Crippen molar-refractivity contribution in [3.05, 3.63) is 22.4 Å². The zero-order chi connectivity index (χ0) is 18.3. The molecule has 0 unspecified atom stereocenters. The summed E-state index contributed by atoms with van der Waals surface area (Å²) in [5, 5.41) is 4.10. The lowest BCUT2D eigenvalue weighted by atomic mass is 10.2. The topological polar surface area (TPSA) is 112 Å². The molecule has 1 heterocycles. The van der Waals surface area contributed by atoms with E-state index in [1.165, 1.54) is 5.56 Å². The number of likely N-dealkylation sites (N-methyl/N-ethyl adjacent to an activating group) is 1. The van der Waals surface area contributed by atoms with Crippen LogP contribution in [0.15, 0.2) is 16.8 Å². The second-order valence-electron chi connectivity index (χ2n) is 4.39. The molecule has 0 bridgehead atoms. The van der Waals surface area contributed by atoms with E-state index in [0.29, 0.717) is 6.54 Å². The Labute approximate surface area is 136 Å². The predicted octanol–water partition coefficient (Wildman–Crippen LogP) is 1.50. The highest BCUT2D eigenvalue weighted by Gasteiger charge is 2.44. The number of hydrogen-bond donors (Lipinski definition) is 2. The molecule has 2 N–H and O–H groups in total. The molecule has 1 rings (SSSR count). The van der Waals surface area contributed by atoms with Crippen LogP contribution >= 0.6 is 11.3 Å². The highest BCUT2D eigenvalue weighted by molar-refractivity contribution is 7.86. The van der Waals surface area contributed by atoms with Gasteiger partial charge in [-0.2, -0.15) is 41.3 Å². The number of thiophene rings is 1. The lowest BCUT2D eigenvalue weighted by molar-refractivity contribution is -0.0510. The Kier molecular flexibility index (Phi) is 8.65. The van der Waals surface area contributed by atoms with Crippen LogP contribution in [0.1, 0.15) is 5.56 Å². The van der Waals surface area contributed by atoms with E-state index in [0.717, 1.165) is 13.0 Å². The van der Waals surface area contributed by atoms with Crippen molar-refractivity contribution in [3.8, 4) is 0 Å². The standard InChI is InChI=1S/C9H15NO3S2.CHF3O3S/c1-10(5-7-15(11,12)13)4-2-9-3-6-14-8-9;2-1(3,4)8(5,6)7/h3,6,8H,2,4-5,7H2,1H3,(H,11,12,13);(H,5,6,7). The summed E-state index contributed by atoms with van der Waals surface area (Å²) in [6.45, 7) is 1.16. The molecule has 0 aliphatic rings. The van der Waals surface area contributed by atoms with E-state index in [2.05, 4.69) is 11.4 Å². The summed E-state index contributed by atoms with van der Waals surface area (Å²) in [5.41, 5.74) is -4.27. The number of nitrogens with zero attached hydrogens (tertiary/aromatic N) is 1. The summed E-state index contributed by atoms with van der Waals surface area (Å²) >= 11 is 1.65. The van der Waals surface area contributed by atoms with Crippen LogP contribution in [0.4, 0.5) is 13.2 Å². The maximum atomic E-state index is 10.7. The van der Waals surface area contributed by atoms with Crippen LogP contribution in [0.3, 0.4) is 0 Å². The summed E-state index contributed by atoms with van der Waals surface area (Å²) in [5.74, 6) is -0.201. The first-order valence-corrected chi connectivity index (χ1v) is 9.90. The van der Waals surface area contributed by atoms with Crippen molar-refractivity contribution in [1.29, 1.82) is 0 Å². The van der Waals surface area contributed by atoms with Gasteiger partial charge in [-0.3, -0.25) is 9.11 Å². The Hall–Kier alpha value is -0.730. The van der Waals surface area contributed by atoms with E-state index < -0.39 is 25.7 Å². The quantitative estimate of drug-likeness (QED) is 0.551. The molecular weight excluding hydrogens is 383 g/mol. The van der Waals surface area contributed by atoms with Crippen molar-refractivity contribution in [2.24, 2.45) is 0 Å². The molecule has 0 saturated heterocycles. The molecular formula is C10H16F3NO6S3.